The second kappa shape index (κ2) is 12.0. The van der Waals surface area contributed by atoms with E-state index in [4.69, 9.17) is 23.7 Å². The average Bonchev–Trinajstić information content (AvgIpc) is 3.08. The Morgan fingerprint density at radius 3 is 2.21 bits per heavy atom. The summed E-state index contributed by atoms with van der Waals surface area (Å²) in [6.07, 6.45) is 0.160. The van der Waals surface area contributed by atoms with Crippen molar-refractivity contribution in [2.24, 2.45) is 0 Å². The van der Waals surface area contributed by atoms with Crippen molar-refractivity contribution in [2.45, 2.75) is 16.6 Å². The fraction of sp³-hybridized carbons (Fsp3) is 0.286. The fourth-order valence-electron chi connectivity index (χ4n) is 4.27. The van der Waals surface area contributed by atoms with Crippen LogP contribution >= 0.6 is 11.8 Å². The average molecular weight is 539 g/mol. The zero-order valence-corrected chi connectivity index (χ0v) is 22.7. The predicted octanol–water partition coefficient (Wildman–Crippen LogP) is 4.94. The third-order valence-corrected chi connectivity index (χ3v) is 7.45. The maximum absolute atomic E-state index is 13.6. The highest BCUT2D eigenvalue weighted by Gasteiger charge is 2.31. The molecule has 0 spiro atoms. The molecule has 3 aromatic carbocycles. The molecule has 1 atom stereocenters. The number of amides is 2. The number of nitrogens with zero attached hydrogens (tertiary/aromatic N) is 1. The lowest BCUT2D eigenvalue weighted by Crippen LogP contribution is -2.38. The van der Waals surface area contributed by atoms with Gasteiger partial charge in [-0.3, -0.25) is 9.59 Å². The molecule has 9 nitrogen and oxygen atoms in total. The predicted molar refractivity (Wildman–Crippen MR) is 146 cm³/mol. The molecule has 0 radical (unpaired) electrons. The van der Waals surface area contributed by atoms with Crippen LogP contribution in [0.15, 0.2) is 59.5 Å². The number of carbonyl (C=O) groups excluding carboxylic acids is 2. The van der Waals surface area contributed by atoms with Crippen LogP contribution in [0.2, 0.25) is 0 Å². The molecule has 0 aliphatic carbocycles. The minimum atomic E-state index is -0.365. The lowest BCUT2D eigenvalue weighted by molar-refractivity contribution is -0.121. The SMILES string of the molecule is COc1ccc(OC)c(NC(=O)CN2C(=O)C[C@@H](c3cc(OC)c(OC)c(OC)c3)Sc3ccccc32)c1. The summed E-state index contributed by atoms with van der Waals surface area (Å²) in [4.78, 5) is 29.1. The van der Waals surface area contributed by atoms with Gasteiger partial charge in [0, 0.05) is 22.6 Å². The van der Waals surface area contributed by atoms with Gasteiger partial charge in [-0.1, -0.05) is 12.1 Å². The van der Waals surface area contributed by atoms with Crippen molar-refractivity contribution >= 4 is 35.0 Å². The van der Waals surface area contributed by atoms with Crippen molar-refractivity contribution < 1.29 is 33.3 Å². The van der Waals surface area contributed by atoms with E-state index in [-0.39, 0.29) is 30.0 Å². The van der Waals surface area contributed by atoms with E-state index < -0.39 is 0 Å². The van der Waals surface area contributed by atoms with Crippen LogP contribution in [-0.2, 0) is 9.59 Å². The molecule has 0 unspecified atom stereocenters. The van der Waals surface area contributed by atoms with Crippen molar-refractivity contribution in [2.75, 3.05) is 52.3 Å². The van der Waals surface area contributed by atoms with Crippen LogP contribution in [0, 0.1) is 0 Å². The molecule has 1 heterocycles. The van der Waals surface area contributed by atoms with Gasteiger partial charge in [-0.25, -0.2) is 0 Å². The molecule has 0 bridgehead atoms. The quantitative estimate of drug-likeness (QED) is 0.410. The number of rotatable bonds is 9. The van der Waals surface area contributed by atoms with Gasteiger partial charge in [-0.05, 0) is 42.0 Å². The number of thioether (sulfide) groups is 1. The highest BCUT2D eigenvalue weighted by molar-refractivity contribution is 7.99. The summed E-state index contributed by atoms with van der Waals surface area (Å²) in [5, 5.41) is 2.60. The third kappa shape index (κ3) is 5.60. The molecule has 38 heavy (non-hydrogen) atoms. The van der Waals surface area contributed by atoms with Gasteiger partial charge in [-0.2, -0.15) is 0 Å². The number of ether oxygens (including phenoxy) is 5. The molecule has 0 fully saturated rings. The first-order valence-corrected chi connectivity index (χ1v) is 12.7. The molecule has 0 saturated heterocycles. The molecule has 200 valence electrons. The summed E-state index contributed by atoms with van der Waals surface area (Å²) < 4.78 is 27.1. The summed E-state index contributed by atoms with van der Waals surface area (Å²) in [6, 6.07) is 16.4. The molecule has 0 saturated carbocycles. The van der Waals surface area contributed by atoms with Gasteiger partial charge in [0.25, 0.3) is 0 Å². The first kappa shape index (κ1) is 27.0. The number of para-hydroxylation sites is 1. The van der Waals surface area contributed by atoms with Gasteiger partial charge in [-0.15, -0.1) is 11.8 Å². The molecule has 1 N–H and O–H groups in total. The van der Waals surface area contributed by atoms with Gasteiger partial charge in [0.05, 0.1) is 46.9 Å². The Labute approximate surface area is 226 Å². The van der Waals surface area contributed by atoms with Crippen LogP contribution in [0.5, 0.6) is 28.7 Å². The van der Waals surface area contributed by atoms with Crippen LogP contribution in [0.1, 0.15) is 17.2 Å². The van der Waals surface area contributed by atoms with Crippen molar-refractivity contribution in [3.8, 4) is 28.7 Å². The summed E-state index contributed by atoms with van der Waals surface area (Å²) in [6.45, 7) is -0.168. The van der Waals surface area contributed by atoms with Crippen molar-refractivity contribution in [1.82, 2.24) is 0 Å². The van der Waals surface area contributed by atoms with E-state index in [1.807, 2.05) is 36.4 Å². The van der Waals surface area contributed by atoms with Gasteiger partial charge < -0.3 is 33.9 Å². The van der Waals surface area contributed by atoms with E-state index in [0.29, 0.717) is 40.1 Å². The number of hydrogen-bond donors (Lipinski definition) is 1. The van der Waals surface area contributed by atoms with Gasteiger partial charge >= 0.3 is 0 Å². The number of anilines is 2. The van der Waals surface area contributed by atoms with Crippen LogP contribution in [0.25, 0.3) is 0 Å². The van der Waals surface area contributed by atoms with E-state index >= 15 is 0 Å². The van der Waals surface area contributed by atoms with E-state index in [1.165, 1.54) is 12.0 Å². The molecular weight excluding hydrogens is 508 g/mol. The minimum Gasteiger partial charge on any atom is -0.497 e. The maximum atomic E-state index is 13.6. The Hall–Kier alpha value is -4.05. The van der Waals surface area contributed by atoms with Crippen LogP contribution in [0.3, 0.4) is 0 Å². The molecule has 2 amide bonds. The number of methoxy groups -OCH3 is 5. The molecule has 10 heteroatoms. The van der Waals surface area contributed by atoms with E-state index in [0.717, 1.165) is 10.5 Å². The number of hydrogen-bond acceptors (Lipinski definition) is 8. The van der Waals surface area contributed by atoms with Crippen LogP contribution < -0.4 is 33.9 Å². The smallest absolute Gasteiger partial charge is 0.244 e. The van der Waals surface area contributed by atoms with E-state index in [1.54, 1.807) is 58.4 Å². The first-order chi connectivity index (χ1) is 18.4. The monoisotopic (exact) mass is 538 g/mol. The topological polar surface area (TPSA) is 95.6 Å². The summed E-state index contributed by atoms with van der Waals surface area (Å²) in [5.74, 6) is 2.01. The lowest BCUT2D eigenvalue weighted by atomic mass is 10.1. The van der Waals surface area contributed by atoms with Crippen molar-refractivity contribution in [1.29, 1.82) is 0 Å². The second-order valence-corrected chi connectivity index (χ2v) is 9.58. The number of nitrogens with one attached hydrogen (secondary N) is 1. The third-order valence-electron chi connectivity index (χ3n) is 6.13. The van der Waals surface area contributed by atoms with Gasteiger partial charge in [0.15, 0.2) is 11.5 Å². The molecule has 1 aliphatic rings. The lowest BCUT2D eigenvalue weighted by Gasteiger charge is -2.22. The Balaban J connectivity index is 1.63. The Bertz CT molecular complexity index is 1310. The minimum absolute atomic E-state index is 0.160. The maximum Gasteiger partial charge on any atom is 0.244 e. The summed E-state index contributed by atoms with van der Waals surface area (Å²) in [5.41, 5.74) is 1.97. The number of benzene rings is 3. The first-order valence-electron chi connectivity index (χ1n) is 11.8. The largest absolute Gasteiger partial charge is 0.497 e. The van der Waals surface area contributed by atoms with Crippen molar-refractivity contribution in [3.63, 3.8) is 0 Å². The van der Waals surface area contributed by atoms with Gasteiger partial charge in [0.1, 0.15) is 18.0 Å². The zero-order valence-electron chi connectivity index (χ0n) is 21.9. The van der Waals surface area contributed by atoms with Crippen LogP contribution in [0.4, 0.5) is 11.4 Å². The van der Waals surface area contributed by atoms with Crippen LogP contribution in [-0.4, -0.2) is 53.9 Å². The molecular formula is C28H30N2O7S. The summed E-state index contributed by atoms with van der Waals surface area (Å²) >= 11 is 1.55. The Kier molecular flexibility index (Phi) is 8.52. The zero-order chi connectivity index (χ0) is 27.2. The normalized spacial score (nSPS) is 14.7. The highest BCUT2D eigenvalue weighted by atomic mass is 32.2. The summed E-state index contributed by atoms with van der Waals surface area (Å²) in [7, 11) is 7.72. The molecule has 1 aliphatic heterocycles. The van der Waals surface area contributed by atoms with Gasteiger partial charge in [0.2, 0.25) is 17.6 Å². The molecule has 4 rings (SSSR count). The van der Waals surface area contributed by atoms with E-state index in [9.17, 15) is 9.59 Å². The Morgan fingerprint density at radius 2 is 1.58 bits per heavy atom. The molecule has 0 aromatic heterocycles. The molecule has 3 aromatic rings. The fourth-order valence-corrected chi connectivity index (χ4v) is 5.53. The standard InChI is InChI=1S/C28H30N2O7S/c1-33-18-10-11-21(34-2)19(14-18)29-26(31)16-30-20-8-6-7-9-24(20)38-25(15-27(30)32)17-12-22(35-3)28(37-5)23(13-17)36-4/h6-14,25H,15-16H2,1-5H3,(H,29,31)/t25-/m0/s1. The second-order valence-electron chi connectivity index (χ2n) is 8.33. The number of fused-ring (bicyclic) bond motifs is 1. The van der Waals surface area contributed by atoms with E-state index in [2.05, 4.69) is 5.32 Å². The van der Waals surface area contributed by atoms with Crippen molar-refractivity contribution in [3.05, 3.63) is 60.2 Å². The highest BCUT2D eigenvalue weighted by Crippen LogP contribution is 2.49. The Morgan fingerprint density at radius 1 is 0.895 bits per heavy atom. The number of carbonyl (C=O) groups is 2.